The molecule has 1 amide bonds. The van der Waals surface area contributed by atoms with Gasteiger partial charge in [-0.1, -0.05) is 36.6 Å². The Morgan fingerprint density at radius 1 is 1.28 bits per heavy atom. The molecule has 2 rings (SSSR count). The number of nitrogens with one attached hydrogen (secondary N) is 1. The van der Waals surface area contributed by atoms with E-state index in [0.717, 1.165) is 12.8 Å². The molecule has 1 aliphatic rings. The summed E-state index contributed by atoms with van der Waals surface area (Å²) in [5.74, 6) is 0.485. The summed E-state index contributed by atoms with van der Waals surface area (Å²) in [5.41, 5.74) is 3.73. The summed E-state index contributed by atoms with van der Waals surface area (Å²) in [7, 11) is 0. The molecular formula is C16H23NO. The van der Waals surface area contributed by atoms with Gasteiger partial charge < -0.3 is 5.32 Å². The van der Waals surface area contributed by atoms with Crippen molar-refractivity contribution in [3.8, 4) is 0 Å². The van der Waals surface area contributed by atoms with Crippen LogP contribution in [0.3, 0.4) is 0 Å². The van der Waals surface area contributed by atoms with Crippen LogP contribution < -0.4 is 5.32 Å². The van der Waals surface area contributed by atoms with Gasteiger partial charge in [0.05, 0.1) is 6.04 Å². The first kappa shape index (κ1) is 13.1. The number of amides is 1. The third-order valence-electron chi connectivity index (χ3n) is 3.99. The zero-order chi connectivity index (χ0) is 13.1. The summed E-state index contributed by atoms with van der Waals surface area (Å²) in [5, 5.41) is 3.17. The van der Waals surface area contributed by atoms with E-state index in [0.29, 0.717) is 0 Å². The maximum atomic E-state index is 12.1. The van der Waals surface area contributed by atoms with Crippen LogP contribution in [0.4, 0.5) is 0 Å². The fraction of sp³-hybridized carbons (Fsp3) is 0.562. The highest BCUT2D eigenvalue weighted by molar-refractivity contribution is 5.79. The maximum absolute atomic E-state index is 12.1. The monoisotopic (exact) mass is 245 g/mol. The van der Waals surface area contributed by atoms with Crippen molar-refractivity contribution >= 4 is 5.91 Å². The van der Waals surface area contributed by atoms with Crippen LogP contribution in [0, 0.1) is 19.8 Å². The minimum absolute atomic E-state index is 0.109. The lowest BCUT2D eigenvalue weighted by Gasteiger charge is -2.19. The standard InChI is InChI=1S/C16H23NO/c1-11-8-9-12(2)15(10-11)13(3)17-16(18)14-6-4-5-7-14/h8-10,13-14H,4-7H2,1-3H3,(H,17,18)/t13-/m1/s1. The van der Waals surface area contributed by atoms with E-state index in [1.165, 1.54) is 29.5 Å². The van der Waals surface area contributed by atoms with Crippen LogP contribution in [0.5, 0.6) is 0 Å². The lowest BCUT2D eigenvalue weighted by Crippen LogP contribution is -2.32. The number of rotatable bonds is 3. The van der Waals surface area contributed by atoms with E-state index in [-0.39, 0.29) is 17.9 Å². The van der Waals surface area contributed by atoms with Crippen LogP contribution in [-0.4, -0.2) is 5.91 Å². The Morgan fingerprint density at radius 3 is 2.61 bits per heavy atom. The minimum Gasteiger partial charge on any atom is -0.349 e. The van der Waals surface area contributed by atoms with Crippen molar-refractivity contribution in [2.24, 2.45) is 5.92 Å². The minimum atomic E-state index is 0.109. The van der Waals surface area contributed by atoms with Gasteiger partial charge in [-0.15, -0.1) is 0 Å². The fourth-order valence-corrected chi connectivity index (χ4v) is 2.82. The molecule has 1 aromatic rings. The largest absolute Gasteiger partial charge is 0.349 e. The lowest BCUT2D eigenvalue weighted by atomic mass is 9.99. The van der Waals surface area contributed by atoms with Gasteiger partial charge >= 0.3 is 0 Å². The topological polar surface area (TPSA) is 29.1 Å². The second-order valence-corrected chi connectivity index (χ2v) is 5.57. The third-order valence-corrected chi connectivity index (χ3v) is 3.99. The van der Waals surface area contributed by atoms with Crippen molar-refractivity contribution in [3.05, 3.63) is 34.9 Å². The molecule has 1 fully saturated rings. The van der Waals surface area contributed by atoms with Gasteiger partial charge in [-0.2, -0.15) is 0 Å². The quantitative estimate of drug-likeness (QED) is 0.865. The zero-order valence-electron chi connectivity index (χ0n) is 11.6. The van der Waals surface area contributed by atoms with Crippen molar-refractivity contribution in [1.29, 1.82) is 0 Å². The fourth-order valence-electron chi connectivity index (χ4n) is 2.82. The molecule has 0 aliphatic heterocycles. The number of aryl methyl sites for hydroxylation is 2. The Kier molecular flexibility index (Phi) is 4.05. The molecular weight excluding hydrogens is 222 g/mol. The van der Waals surface area contributed by atoms with Crippen LogP contribution in [0.25, 0.3) is 0 Å². The van der Waals surface area contributed by atoms with Gasteiger partial charge in [0.25, 0.3) is 0 Å². The lowest BCUT2D eigenvalue weighted by molar-refractivity contribution is -0.125. The number of benzene rings is 1. The number of carbonyl (C=O) groups is 1. The van der Waals surface area contributed by atoms with Crippen molar-refractivity contribution in [2.45, 2.75) is 52.5 Å². The van der Waals surface area contributed by atoms with Gasteiger partial charge in [0, 0.05) is 5.92 Å². The van der Waals surface area contributed by atoms with Gasteiger partial charge in [-0.25, -0.2) is 0 Å². The molecule has 2 nitrogen and oxygen atoms in total. The van der Waals surface area contributed by atoms with Gasteiger partial charge in [0.1, 0.15) is 0 Å². The van der Waals surface area contributed by atoms with E-state index in [2.05, 4.69) is 44.3 Å². The predicted octanol–water partition coefficient (Wildman–Crippen LogP) is 3.67. The van der Waals surface area contributed by atoms with E-state index in [9.17, 15) is 4.79 Å². The smallest absolute Gasteiger partial charge is 0.223 e. The van der Waals surface area contributed by atoms with Crippen LogP contribution in [0.1, 0.15) is 55.3 Å². The number of carbonyl (C=O) groups excluding carboxylic acids is 1. The maximum Gasteiger partial charge on any atom is 0.223 e. The Hall–Kier alpha value is -1.31. The molecule has 98 valence electrons. The van der Waals surface area contributed by atoms with Gasteiger partial charge in [0.2, 0.25) is 5.91 Å². The number of hydrogen-bond donors (Lipinski definition) is 1. The SMILES string of the molecule is Cc1ccc(C)c([C@@H](C)NC(=O)C2CCCC2)c1. The first-order chi connectivity index (χ1) is 8.58. The molecule has 1 saturated carbocycles. The Morgan fingerprint density at radius 2 is 1.94 bits per heavy atom. The predicted molar refractivity (Wildman–Crippen MR) is 74.4 cm³/mol. The molecule has 0 spiro atoms. The summed E-state index contributed by atoms with van der Waals surface area (Å²) in [6.45, 7) is 6.27. The molecule has 1 aromatic carbocycles. The molecule has 0 heterocycles. The third kappa shape index (κ3) is 2.92. The second-order valence-electron chi connectivity index (χ2n) is 5.57. The van der Waals surface area contributed by atoms with E-state index < -0.39 is 0 Å². The second kappa shape index (κ2) is 5.55. The first-order valence-electron chi connectivity index (χ1n) is 6.95. The van der Waals surface area contributed by atoms with Crippen molar-refractivity contribution in [2.75, 3.05) is 0 Å². The van der Waals surface area contributed by atoms with Crippen molar-refractivity contribution in [1.82, 2.24) is 5.32 Å². The zero-order valence-corrected chi connectivity index (χ0v) is 11.6. The average molecular weight is 245 g/mol. The summed E-state index contributed by atoms with van der Waals surface area (Å²) >= 11 is 0. The molecule has 1 atom stereocenters. The Labute approximate surface area is 110 Å². The highest BCUT2D eigenvalue weighted by Gasteiger charge is 2.24. The van der Waals surface area contributed by atoms with E-state index in [1.807, 2.05) is 0 Å². The molecule has 1 aliphatic carbocycles. The molecule has 2 heteroatoms. The molecule has 0 bridgehead atoms. The molecule has 0 saturated heterocycles. The molecule has 0 aromatic heterocycles. The van der Waals surface area contributed by atoms with Gasteiger partial charge in [-0.05, 0) is 44.7 Å². The van der Waals surface area contributed by atoms with Crippen LogP contribution in [-0.2, 0) is 4.79 Å². The van der Waals surface area contributed by atoms with Crippen LogP contribution in [0.2, 0.25) is 0 Å². The number of hydrogen-bond acceptors (Lipinski definition) is 1. The highest BCUT2D eigenvalue weighted by atomic mass is 16.1. The molecule has 1 N–H and O–H groups in total. The van der Waals surface area contributed by atoms with Crippen molar-refractivity contribution < 1.29 is 4.79 Å². The summed E-state index contributed by atoms with van der Waals surface area (Å²) in [6.07, 6.45) is 4.53. The molecule has 0 unspecified atom stereocenters. The average Bonchev–Trinajstić information content (AvgIpc) is 2.85. The Balaban J connectivity index is 2.04. The summed E-state index contributed by atoms with van der Waals surface area (Å²) in [6, 6.07) is 6.53. The first-order valence-corrected chi connectivity index (χ1v) is 6.95. The highest BCUT2D eigenvalue weighted by Crippen LogP contribution is 2.26. The Bertz CT molecular complexity index is 433. The van der Waals surface area contributed by atoms with Crippen molar-refractivity contribution in [3.63, 3.8) is 0 Å². The van der Waals surface area contributed by atoms with E-state index in [4.69, 9.17) is 0 Å². The molecule has 18 heavy (non-hydrogen) atoms. The van der Waals surface area contributed by atoms with E-state index in [1.54, 1.807) is 0 Å². The summed E-state index contributed by atoms with van der Waals surface area (Å²) < 4.78 is 0. The summed E-state index contributed by atoms with van der Waals surface area (Å²) in [4.78, 5) is 12.1. The molecule has 0 radical (unpaired) electrons. The van der Waals surface area contributed by atoms with Gasteiger partial charge in [0.15, 0.2) is 0 Å². The van der Waals surface area contributed by atoms with E-state index >= 15 is 0 Å². The van der Waals surface area contributed by atoms with Crippen LogP contribution in [0.15, 0.2) is 18.2 Å². The van der Waals surface area contributed by atoms with Crippen LogP contribution >= 0.6 is 0 Å². The van der Waals surface area contributed by atoms with Gasteiger partial charge in [-0.3, -0.25) is 4.79 Å². The normalized spacial score (nSPS) is 17.7.